The summed E-state index contributed by atoms with van der Waals surface area (Å²) in [4.78, 5) is 0. The van der Waals surface area contributed by atoms with Crippen LogP contribution in [0.1, 0.15) is 24.1 Å². The summed E-state index contributed by atoms with van der Waals surface area (Å²) in [5, 5.41) is 4.80. The van der Waals surface area contributed by atoms with Crippen molar-refractivity contribution in [3.05, 3.63) is 62.0 Å². The van der Waals surface area contributed by atoms with Crippen molar-refractivity contribution < 1.29 is 4.74 Å². The molecule has 21 heavy (non-hydrogen) atoms. The predicted molar refractivity (Wildman–Crippen MR) is 92.7 cm³/mol. The molecular weight excluding hydrogens is 373 g/mol. The summed E-state index contributed by atoms with van der Waals surface area (Å²) in [6.07, 6.45) is 0. The molecule has 0 spiro atoms. The van der Waals surface area contributed by atoms with Gasteiger partial charge in [0, 0.05) is 15.6 Å². The minimum absolute atomic E-state index is 0.0892. The highest BCUT2D eigenvalue weighted by Crippen LogP contribution is 2.39. The second-order valence-electron chi connectivity index (χ2n) is 4.52. The molecule has 0 saturated carbocycles. The number of hydrogen-bond donors (Lipinski definition) is 1. The van der Waals surface area contributed by atoms with Crippen molar-refractivity contribution in [1.29, 1.82) is 0 Å². The molecule has 0 fully saturated rings. The normalized spacial score (nSPS) is 12.2. The van der Waals surface area contributed by atoms with Gasteiger partial charge in [-0.05, 0) is 46.2 Å². The summed E-state index contributed by atoms with van der Waals surface area (Å²) in [5.74, 6) is 0.755. The first-order valence-electron chi connectivity index (χ1n) is 6.59. The lowest BCUT2D eigenvalue weighted by molar-refractivity contribution is 0.401. The molecule has 0 radical (unpaired) electrons. The largest absolute Gasteiger partial charge is 0.495 e. The van der Waals surface area contributed by atoms with Gasteiger partial charge < -0.3 is 10.1 Å². The van der Waals surface area contributed by atoms with Gasteiger partial charge in [0.25, 0.3) is 0 Å². The van der Waals surface area contributed by atoms with Gasteiger partial charge in [-0.25, -0.2) is 0 Å². The minimum Gasteiger partial charge on any atom is -0.495 e. The number of halogens is 3. The van der Waals surface area contributed by atoms with Crippen LogP contribution in [-0.2, 0) is 0 Å². The van der Waals surface area contributed by atoms with Crippen molar-refractivity contribution in [3.63, 3.8) is 0 Å². The molecule has 0 bridgehead atoms. The Labute approximate surface area is 143 Å². The SMILES string of the molecule is CCNC(c1ccccc1Cl)c1cc(Cl)cc(Br)c1OC. The second-order valence-corrected chi connectivity index (χ2v) is 6.22. The van der Waals surface area contributed by atoms with Gasteiger partial charge in [-0.1, -0.05) is 48.3 Å². The maximum absolute atomic E-state index is 6.35. The van der Waals surface area contributed by atoms with Gasteiger partial charge >= 0.3 is 0 Å². The van der Waals surface area contributed by atoms with Crippen LogP contribution >= 0.6 is 39.1 Å². The van der Waals surface area contributed by atoms with Crippen LogP contribution in [0.25, 0.3) is 0 Å². The quantitative estimate of drug-likeness (QED) is 0.733. The van der Waals surface area contributed by atoms with E-state index in [-0.39, 0.29) is 6.04 Å². The Hall–Kier alpha value is -0.740. The standard InChI is InChI=1S/C16H16BrCl2NO/c1-3-20-15(11-6-4-5-7-14(11)19)12-8-10(18)9-13(17)16(12)21-2/h4-9,15,20H,3H2,1-2H3. The van der Waals surface area contributed by atoms with Crippen LogP contribution in [0.4, 0.5) is 0 Å². The van der Waals surface area contributed by atoms with E-state index >= 15 is 0 Å². The lowest BCUT2D eigenvalue weighted by atomic mass is 9.97. The summed E-state index contributed by atoms with van der Waals surface area (Å²) in [6.45, 7) is 2.85. The lowest BCUT2D eigenvalue weighted by Gasteiger charge is -2.23. The summed E-state index contributed by atoms with van der Waals surface area (Å²) in [7, 11) is 1.65. The van der Waals surface area contributed by atoms with Crippen LogP contribution in [0.15, 0.2) is 40.9 Å². The fraction of sp³-hybridized carbons (Fsp3) is 0.250. The average Bonchev–Trinajstić information content (AvgIpc) is 2.45. The fourth-order valence-corrected chi connectivity index (χ4v) is 3.55. The molecule has 1 unspecified atom stereocenters. The smallest absolute Gasteiger partial charge is 0.138 e. The van der Waals surface area contributed by atoms with Crippen molar-refractivity contribution in [2.75, 3.05) is 13.7 Å². The number of rotatable bonds is 5. The molecular formula is C16H16BrCl2NO. The zero-order chi connectivity index (χ0) is 15.4. The number of methoxy groups -OCH3 is 1. The molecule has 2 aromatic rings. The van der Waals surface area contributed by atoms with Crippen LogP contribution in [0.5, 0.6) is 5.75 Å². The van der Waals surface area contributed by atoms with Gasteiger partial charge in [0.15, 0.2) is 0 Å². The van der Waals surface area contributed by atoms with E-state index in [0.717, 1.165) is 27.9 Å². The molecule has 2 aromatic carbocycles. The number of ether oxygens (including phenoxy) is 1. The molecule has 0 aromatic heterocycles. The van der Waals surface area contributed by atoms with Crippen molar-refractivity contribution in [2.24, 2.45) is 0 Å². The van der Waals surface area contributed by atoms with Gasteiger partial charge in [-0.2, -0.15) is 0 Å². The Kier molecular flexibility index (Phi) is 5.94. The maximum Gasteiger partial charge on any atom is 0.138 e. The Morgan fingerprint density at radius 1 is 1.19 bits per heavy atom. The first-order valence-corrected chi connectivity index (χ1v) is 8.14. The predicted octanol–water partition coefficient (Wildman–Crippen LogP) is 5.46. The zero-order valence-electron chi connectivity index (χ0n) is 11.8. The van der Waals surface area contributed by atoms with Gasteiger partial charge in [-0.3, -0.25) is 0 Å². The highest BCUT2D eigenvalue weighted by atomic mass is 79.9. The summed E-state index contributed by atoms with van der Waals surface area (Å²) in [6, 6.07) is 11.4. The van der Waals surface area contributed by atoms with Crippen LogP contribution in [0.3, 0.4) is 0 Å². The Morgan fingerprint density at radius 2 is 1.90 bits per heavy atom. The van der Waals surface area contributed by atoms with Crippen LogP contribution < -0.4 is 10.1 Å². The Bertz CT molecular complexity index is 634. The molecule has 112 valence electrons. The number of nitrogens with one attached hydrogen (secondary N) is 1. The van der Waals surface area contributed by atoms with Gasteiger partial charge in [0.05, 0.1) is 17.6 Å². The lowest BCUT2D eigenvalue weighted by Crippen LogP contribution is -2.23. The Morgan fingerprint density at radius 3 is 2.52 bits per heavy atom. The molecule has 5 heteroatoms. The molecule has 0 aliphatic heterocycles. The van der Waals surface area contributed by atoms with E-state index < -0.39 is 0 Å². The summed E-state index contributed by atoms with van der Waals surface area (Å²) < 4.78 is 6.35. The van der Waals surface area contributed by atoms with Gasteiger partial charge in [0.2, 0.25) is 0 Å². The molecule has 0 aliphatic carbocycles. The molecule has 0 amide bonds. The second kappa shape index (κ2) is 7.50. The minimum atomic E-state index is -0.0892. The topological polar surface area (TPSA) is 21.3 Å². The monoisotopic (exact) mass is 387 g/mol. The highest BCUT2D eigenvalue weighted by molar-refractivity contribution is 9.10. The van der Waals surface area contributed by atoms with Crippen LogP contribution in [0, 0.1) is 0 Å². The third-order valence-corrected chi connectivity index (χ3v) is 4.33. The Balaban J connectivity index is 2.61. The third kappa shape index (κ3) is 3.72. The molecule has 1 atom stereocenters. The third-order valence-electron chi connectivity index (χ3n) is 3.18. The van der Waals surface area contributed by atoms with E-state index in [4.69, 9.17) is 27.9 Å². The van der Waals surface area contributed by atoms with Crippen molar-refractivity contribution in [2.45, 2.75) is 13.0 Å². The van der Waals surface area contributed by atoms with Gasteiger partial charge in [0.1, 0.15) is 5.75 Å². The molecule has 2 rings (SSSR count). The number of benzene rings is 2. The molecule has 0 saturated heterocycles. The highest BCUT2D eigenvalue weighted by Gasteiger charge is 2.22. The molecule has 1 N–H and O–H groups in total. The first-order chi connectivity index (χ1) is 10.1. The summed E-state index contributed by atoms with van der Waals surface area (Å²) >= 11 is 16.1. The van der Waals surface area contributed by atoms with Crippen molar-refractivity contribution >= 4 is 39.1 Å². The van der Waals surface area contributed by atoms with Crippen molar-refractivity contribution in [3.8, 4) is 5.75 Å². The molecule has 2 nitrogen and oxygen atoms in total. The van der Waals surface area contributed by atoms with E-state index in [2.05, 4.69) is 28.2 Å². The van der Waals surface area contributed by atoms with E-state index in [9.17, 15) is 0 Å². The van der Waals surface area contributed by atoms with Gasteiger partial charge in [-0.15, -0.1) is 0 Å². The van der Waals surface area contributed by atoms with E-state index in [1.807, 2.05) is 36.4 Å². The zero-order valence-corrected chi connectivity index (χ0v) is 14.9. The molecule has 0 heterocycles. The van der Waals surface area contributed by atoms with Crippen LogP contribution in [0.2, 0.25) is 10.0 Å². The van der Waals surface area contributed by atoms with Crippen LogP contribution in [-0.4, -0.2) is 13.7 Å². The van der Waals surface area contributed by atoms with E-state index in [0.29, 0.717) is 10.0 Å². The first kappa shape index (κ1) is 16.6. The maximum atomic E-state index is 6.35. The average molecular weight is 389 g/mol. The van der Waals surface area contributed by atoms with E-state index in [1.54, 1.807) is 7.11 Å². The summed E-state index contributed by atoms with van der Waals surface area (Å²) in [5.41, 5.74) is 1.94. The van der Waals surface area contributed by atoms with E-state index in [1.165, 1.54) is 0 Å². The fourth-order valence-electron chi connectivity index (χ4n) is 2.31. The van der Waals surface area contributed by atoms with Crippen molar-refractivity contribution in [1.82, 2.24) is 5.32 Å². The number of hydrogen-bond acceptors (Lipinski definition) is 2. The molecule has 0 aliphatic rings.